The summed E-state index contributed by atoms with van der Waals surface area (Å²) in [5, 5.41) is 10.3. The molecular formula is C11H7ClF3NOS. The fraction of sp³-hybridized carbons (Fsp3) is 0.182. The van der Waals surface area contributed by atoms with Gasteiger partial charge in [-0.25, -0.2) is 4.98 Å². The second kappa shape index (κ2) is 4.87. The smallest absolute Gasteiger partial charge is 0.381 e. The molecule has 0 bridgehead atoms. The van der Waals surface area contributed by atoms with Crippen LogP contribution in [0.1, 0.15) is 22.2 Å². The minimum absolute atomic E-state index is 0.342. The number of aromatic nitrogens is 1. The molecule has 0 fully saturated rings. The summed E-state index contributed by atoms with van der Waals surface area (Å²) in [6, 6.07) is 4.30. The molecule has 0 spiro atoms. The third-order valence-electron chi connectivity index (χ3n) is 2.28. The maximum Gasteiger partial charge on any atom is 0.416 e. The first-order valence-corrected chi connectivity index (χ1v) is 6.04. The van der Waals surface area contributed by atoms with Gasteiger partial charge in [0.1, 0.15) is 15.4 Å². The largest absolute Gasteiger partial charge is 0.416 e. The first-order chi connectivity index (χ1) is 8.38. The highest BCUT2D eigenvalue weighted by Gasteiger charge is 2.30. The minimum Gasteiger partial charge on any atom is -0.381 e. The highest BCUT2D eigenvalue weighted by Crippen LogP contribution is 2.32. The lowest BCUT2D eigenvalue weighted by atomic mass is 10.1. The Balaban J connectivity index is 2.24. The van der Waals surface area contributed by atoms with Crippen LogP contribution in [-0.2, 0) is 6.18 Å². The van der Waals surface area contributed by atoms with Gasteiger partial charge in [-0.1, -0.05) is 23.7 Å². The number of thiazole rings is 1. The lowest BCUT2D eigenvalue weighted by Gasteiger charge is -2.10. The van der Waals surface area contributed by atoms with Gasteiger partial charge >= 0.3 is 6.18 Å². The predicted molar refractivity (Wildman–Crippen MR) is 62.6 cm³/mol. The molecule has 1 atom stereocenters. The van der Waals surface area contributed by atoms with Crippen LogP contribution in [-0.4, -0.2) is 10.1 Å². The van der Waals surface area contributed by atoms with Gasteiger partial charge in [0.15, 0.2) is 0 Å². The Morgan fingerprint density at radius 2 is 1.83 bits per heavy atom. The Kier molecular flexibility index (Phi) is 3.61. The van der Waals surface area contributed by atoms with Crippen LogP contribution in [0.5, 0.6) is 0 Å². The Morgan fingerprint density at radius 3 is 2.28 bits per heavy atom. The van der Waals surface area contributed by atoms with Crippen LogP contribution in [0.25, 0.3) is 0 Å². The van der Waals surface area contributed by atoms with Gasteiger partial charge in [-0.3, -0.25) is 0 Å². The lowest BCUT2D eigenvalue weighted by molar-refractivity contribution is -0.137. The quantitative estimate of drug-likeness (QED) is 0.911. The molecule has 2 rings (SSSR count). The van der Waals surface area contributed by atoms with Crippen LogP contribution >= 0.6 is 22.9 Å². The molecule has 0 aliphatic carbocycles. The summed E-state index contributed by atoms with van der Waals surface area (Å²) < 4.78 is 37.5. The molecule has 1 heterocycles. The molecule has 96 valence electrons. The van der Waals surface area contributed by atoms with Gasteiger partial charge in [0.25, 0.3) is 0 Å². The van der Waals surface area contributed by atoms with E-state index in [1.165, 1.54) is 18.3 Å². The molecule has 18 heavy (non-hydrogen) atoms. The molecule has 7 heteroatoms. The van der Waals surface area contributed by atoms with E-state index >= 15 is 0 Å². The van der Waals surface area contributed by atoms with Crippen molar-refractivity contribution in [3.63, 3.8) is 0 Å². The maximum absolute atomic E-state index is 12.4. The fourth-order valence-electron chi connectivity index (χ4n) is 1.39. The van der Waals surface area contributed by atoms with E-state index in [1.807, 2.05) is 0 Å². The van der Waals surface area contributed by atoms with Crippen molar-refractivity contribution in [1.82, 2.24) is 4.98 Å². The molecule has 1 unspecified atom stereocenters. The topological polar surface area (TPSA) is 33.1 Å². The second-order valence-corrected chi connectivity index (χ2v) is 5.22. The van der Waals surface area contributed by atoms with Gasteiger partial charge in [-0.15, -0.1) is 11.3 Å². The molecule has 1 aromatic heterocycles. The van der Waals surface area contributed by atoms with Crippen LogP contribution < -0.4 is 0 Å². The average Bonchev–Trinajstić information content (AvgIpc) is 2.74. The van der Waals surface area contributed by atoms with E-state index in [0.29, 0.717) is 14.9 Å². The van der Waals surface area contributed by atoms with Gasteiger partial charge in [0, 0.05) is 0 Å². The van der Waals surface area contributed by atoms with Crippen molar-refractivity contribution in [3.05, 3.63) is 50.9 Å². The number of aliphatic hydroxyl groups excluding tert-OH is 1. The van der Waals surface area contributed by atoms with Crippen molar-refractivity contribution in [3.8, 4) is 0 Å². The molecule has 2 nitrogen and oxygen atoms in total. The number of rotatable bonds is 2. The molecule has 2 aromatic rings. The second-order valence-electron chi connectivity index (χ2n) is 3.52. The molecular weight excluding hydrogens is 287 g/mol. The molecule has 1 N–H and O–H groups in total. The minimum atomic E-state index is -4.38. The van der Waals surface area contributed by atoms with E-state index in [1.54, 1.807) is 0 Å². The normalized spacial score (nSPS) is 13.6. The predicted octanol–water partition coefficient (Wildman–Crippen LogP) is 3.90. The van der Waals surface area contributed by atoms with Crippen LogP contribution in [0, 0.1) is 0 Å². The number of aliphatic hydroxyl groups is 1. The molecule has 0 amide bonds. The zero-order valence-corrected chi connectivity index (χ0v) is 10.4. The van der Waals surface area contributed by atoms with Gasteiger partial charge in [-0.2, -0.15) is 13.2 Å². The Morgan fingerprint density at radius 1 is 1.22 bits per heavy atom. The Hall–Kier alpha value is -1.11. The highest BCUT2D eigenvalue weighted by molar-refractivity contribution is 7.15. The number of hydrogen-bond donors (Lipinski definition) is 1. The van der Waals surface area contributed by atoms with E-state index in [9.17, 15) is 18.3 Å². The fourth-order valence-corrected chi connectivity index (χ4v) is 2.33. The Labute approximate surface area is 110 Å². The summed E-state index contributed by atoms with van der Waals surface area (Å²) in [6.45, 7) is 0. The van der Waals surface area contributed by atoms with Crippen molar-refractivity contribution in [2.75, 3.05) is 0 Å². The van der Waals surface area contributed by atoms with E-state index in [4.69, 9.17) is 11.6 Å². The van der Waals surface area contributed by atoms with Crippen LogP contribution in [0.2, 0.25) is 4.34 Å². The van der Waals surface area contributed by atoms with E-state index in [0.717, 1.165) is 23.5 Å². The molecule has 0 aliphatic rings. The van der Waals surface area contributed by atoms with Crippen molar-refractivity contribution >= 4 is 22.9 Å². The summed E-state index contributed by atoms with van der Waals surface area (Å²) in [5.74, 6) is 0. The molecule has 0 saturated heterocycles. The van der Waals surface area contributed by atoms with E-state index in [2.05, 4.69) is 4.98 Å². The van der Waals surface area contributed by atoms with Crippen molar-refractivity contribution in [2.24, 2.45) is 0 Å². The summed E-state index contributed by atoms with van der Waals surface area (Å²) in [5.41, 5.74) is -0.412. The van der Waals surface area contributed by atoms with Crippen molar-refractivity contribution < 1.29 is 18.3 Å². The third-order valence-corrected chi connectivity index (χ3v) is 3.45. The lowest BCUT2D eigenvalue weighted by Crippen LogP contribution is -2.05. The van der Waals surface area contributed by atoms with Gasteiger partial charge in [0.05, 0.1) is 11.8 Å². The number of benzene rings is 1. The van der Waals surface area contributed by atoms with Gasteiger partial charge < -0.3 is 5.11 Å². The van der Waals surface area contributed by atoms with E-state index < -0.39 is 17.8 Å². The maximum atomic E-state index is 12.4. The standard InChI is InChI=1S/C11H7ClF3NOS/c12-8-5-16-10(18-8)9(17)6-1-3-7(4-2-6)11(13,14)15/h1-5,9,17H. The van der Waals surface area contributed by atoms with Crippen LogP contribution in [0.4, 0.5) is 13.2 Å². The van der Waals surface area contributed by atoms with Crippen LogP contribution in [0.15, 0.2) is 30.5 Å². The third kappa shape index (κ3) is 2.82. The molecule has 0 saturated carbocycles. The number of nitrogens with zero attached hydrogens (tertiary/aromatic N) is 1. The average molecular weight is 294 g/mol. The molecule has 0 aliphatic heterocycles. The Bertz CT molecular complexity index is 538. The number of halogens is 4. The summed E-state index contributed by atoms with van der Waals surface area (Å²) in [7, 11) is 0. The van der Waals surface area contributed by atoms with Crippen molar-refractivity contribution in [2.45, 2.75) is 12.3 Å². The molecule has 1 aromatic carbocycles. The summed E-state index contributed by atoms with van der Waals surface area (Å²) in [6.07, 6.45) is -4.06. The zero-order valence-electron chi connectivity index (χ0n) is 8.78. The van der Waals surface area contributed by atoms with E-state index in [-0.39, 0.29) is 0 Å². The zero-order chi connectivity index (χ0) is 13.3. The van der Waals surface area contributed by atoms with Gasteiger partial charge in [0.2, 0.25) is 0 Å². The highest BCUT2D eigenvalue weighted by atomic mass is 35.5. The number of hydrogen-bond acceptors (Lipinski definition) is 3. The van der Waals surface area contributed by atoms with Crippen LogP contribution in [0.3, 0.4) is 0 Å². The SMILES string of the molecule is OC(c1ccc(C(F)(F)F)cc1)c1ncc(Cl)s1. The first kappa shape index (κ1) is 13.3. The monoisotopic (exact) mass is 293 g/mol. The van der Waals surface area contributed by atoms with Crippen molar-refractivity contribution in [1.29, 1.82) is 0 Å². The number of alkyl halides is 3. The summed E-state index contributed by atoms with van der Waals surface area (Å²) >= 11 is 6.76. The molecule has 0 radical (unpaired) electrons. The van der Waals surface area contributed by atoms with Gasteiger partial charge in [-0.05, 0) is 17.7 Å². The first-order valence-electron chi connectivity index (χ1n) is 4.84. The summed E-state index contributed by atoms with van der Waals surface area (Å²) in [4.78, 5) is 3.88.